The Morgan fingerprint density at radius 3 is 2.71 bits per heavy atom. The van der Waals surface area contributed by atoms with E-state index in [4.69, 9.17) is 0 Å². The molecule has 0 bridgehead atoms. The molecular weight excluding hydrogens is 354 g/mol. The first kappa shape index (κ1) is 20.4. The van der Waals surface area contributed by atoms with Gasteiger partial charge < -0.3 is 15.1 Å². The number of carbonyl (C=O) groups is 3. The summed E-state index contributed by atoms with van der Waals surface area (Å²) < 4.78 is 0. The molecule has 1 aliphatic heterocycles. The molecule has 3 rings (SSSR count). The highest BCUT2D eigenvalue weighted by atomic mass is 16.2. The van der Waals surface area contributed by atoms with Gasteiger partial charge >= 0.3 is 0 Å². The van der Waals surface area contributed by atoms with Crippen LogP contribution < -0.4 is 5.32 Å². The van der Waals surface area contributed by atoms with E-state index in [0.29, 0.717) is 36.7 Å². The largest absolute Gasteiger partial charge is 0.341 e. The standard InChI is InChI=1S/C22H31N3O3/c1-3-7-20(26)23-18-9-6-8-17(13-18)22(28)24(2)14-16-12-21(27)25(15-16)19-10-4-5-11-19/h6,8-9,13,16,19H,3-5,7,10-12,14-15H2,1-2H3,(H,23,26)/t16-/m1/s1. The molecule has 1 heterocycles. The topological polar surface area (TPSA) is 69.7 Å². The number of hydrogen-bond donors (Lipinski definition) is 1. The van der Waals surface area contributed by atoms with Crippen LogP contribution in [0.3, 0.4) is 0 Å². The van der Waals surface area contributed by atoms with Gasteiger partial charge in [-0.3, -0.25) is 14.4 Å². The summed E-state index contributed by atoms with van der Waals surface area (Å²) in [5.41, 5.74) is 1.19. The minimum Gasteiger partial charge on any atom is -0.341 e. The van der Waals surface area contributed by atoms with E-state index < -0.39 is 0 Å². The van der Waals surface area contributed by atoms with Gasteiger partial charge in [-0.1, -0.05) is 25.8 Å². The summed E-state index contributed by atoms with van der Waals surface area (Å²) in [6, 6.07) is 7.46. The van der Waals surface area contributed by atoms with Gasteiger partial charge in [-0.25, -0.2) is 0 Å². The molecule has 0 spiro atoms. The van der Waals surface area contributed by atoms with Crippen molar-refractivity contribution in [2.75, 3.05) is 25.5 Å². The van der Waals surface area contributed by atoms with Crippen molar-refractivity contribution in [3.05, 3.63) is 29.8 Å². The third-order valence-electron chi connectivity index (χ3n) is 5.75. The van der Waals surface area contributed by atoms with Crippen molar-refractivity contribution in [2.45, 2.75) is 57.9 Å². The Balaban J connectivity index is 1.57. The summed E-state index contributed by atoms with van der Waals surface area (Å²) in [7, 11) is 1.79. The van der Waals surface area contributed by atoms with Crippen molar-refractivity contribution in [3.8, 4) is 0 Å². The molecule has 0 radical (unpaired) electrons. The zero-order valence-corrected chi connectivity index (χ0v) is 16.9. The lowest BCUT2D eigenvalue weighted by atomic mass is 10.1. The van der Waals surface area contributed by atoms with Gasteiger partial charge in [0.15, 0.2) is 0 Å². The molecule has 3 amide bonds. The lowest BCUT2D eigenvalue weighted by Gasteiger charge is -2.25. The number of rotatable bonds is 7. The number of nitrogens with zero attached hydrogens (tertiary/aromatic N) is 2. The average Bonchev–Trinajstić information content (AvgIpc) is 3.31. The molecule has 0 aromatic heterocycles. The van der Waals surface area contributed by atoms with Gasteiger partial charge in [0.2, 0.25) is 11.8 Å². The third-order valence-corrected chi connectivity index (χ3v) is 5.75. The van der Waals surface area contributed by atoms with Gasteiger partial charge in [0.1, 0.15) is 0 Å². The molecule has 1 aromatic carbocycles. The third kappa shape index (κ3) is 4.91. The first-order valence-corrected chi connectivity index (χ1v) is 10.4. The van der Waals surface area contributed by atoms with E-state index in [1.54, 1.807) is 36.2 Å². The number of carbonyl (C=O) groups excluding carboxylic acids is 3. The molecule has 0 unspecified atom stereocenters. The Hall–Kier alpha value is -2.37. The fourth-order valence-electron chi connectivity index (χ4n) is 4.37. The summed E-state index contributed by atoms with van der Waals surface area (Å²) in [5.74, 6) is 0.295. The molecular formula is C22H31N3O3. The van der Waals surface area contributed by atoms with E-state index in [1.165, 1.54) is 12.8 Å². The molecule has 6 heteroatoms. The summed E-state index contributed by atoms with van der Waals surface area (Å²) in [6.07, 6.45) is 6.43. The first-order valence-electron chi connectivity index (χ1n) is 10.4. The molecule has 1 saturated carbocycles. The average molecular weight is 386 g/mol. The van der Waals surface area contributed by atoms with Gasteiger partial charge in [0.25, 0.3) is 5.91 Å². The van der Waals surface area contributed by atoms with Crippen LogP contribution >= 0.6 is 0 Å². The number of nitrogens with one attached hydrogen (secondary N) is 1. The van der Waals surface area contributed by atoms with Crippen molar-refractivity contribution < 1.29 is 14.4 Å². The van der Waals surface area contributed by atoms with E-state index >= 15 is 0 Å². The fourth-order valence-corrected chi connectivity index (χ4v) is 4.37. The Bertz CT molecular complexity index is 727. The maximum Gasteiger partial charge on any atom is 0.253 e. The second-order valence-electron chi connectivity index (χ2n) is 8.12. The Labute approximate surface area is 167 Å². The highest BCUT2D eigenvalue weighted by Crippen LogP contribution is 2.29. The molecule has 1 aromatic rings. The normalized spacial score (nSPS) is 19.9. The molecule has 28 heavy (non-hydrogen) atoms. The number of anilines is 1. The molecule has 1 aliphatic carbocycles. The molecule has 1 saturated heterocycles. The van der Waals surface area contributed by atoms with Crippen LogP contribution in [0.2, 0.25) is 0 Å². The van der Waals surface area contributed by atoms with Crippen molar-refractivity contribution in [2.24, 2.45) is 5.92 Å². The fraction of sp³-hybridized carbons (Fsp3) is 0.591. The number of likely N-dealkylation sites (tertiary alicyclic amines) is 1. The lowest BCUT2D eigenvalue weighted by Crippen LogP contribution is -2.36. The van der Waals surface area contributed by atoms with Crippen LogP contribution in [0.15, 0.2) is 24.3 Å². The van der Waals surface area contributed by atoms with Gasteiger partial charge in [-0.05, 0) is 37.5 Å². The van der Waals surface area contributed by atoms with Gasteiger partial charge in [-0.2, -0.15) is 0 Å². The Kier molecular flexibility index (Phi) is 6.70. The minimum absolute atomic E-state index is 0.0445. The van der Waals surface area contributed by atoms with E-state index in [0.717, 1.165) is 25.8 Å². The van der Waals surface area contributed by atoms with Crippen molar-refractivity contribution >= 4 is 23.4 Å². The maximum atomic E-state index is 12.8. The quantitative estimate of drug-likeness (QED) is 0.783. The molecule has 152 valence electrons. The van der Waals surface area contributed by atoms with E-state index in [1.807, 2.05) is 11.8 Å². The predicted molar refractivity (Wildman–Crippen MR) is 109 cm³/mol. The van der Waals surface area contributed by atoms with Crippen LogP contribution in [0, 0.1) is 5.92 Å². The number of hydrogen-bond acceptors (Lipinski definition) is 3. The van der Waals surface area contributed by atoms with Gasteiger partial charge in [0.05, 0.1) is 0 Å². The van der Waals surface area contributed by atoms with Crippen molar-refractivity contribution in [3.63, 3.8) is 0 Å². The van der Waals surface area contributed by atoms with Gasteiger partial charge in [-0.15, -0.1) is 0 Å². The molecule has 2 aliphatic rings. The van der Waals surface area contributed by atoms with Gasteiger partial charge in [0, 0.05) is 56.2 Å². The molecule has 6 nitrogen and oxygen atoms in total. The lowest BCUT2D eigenvalue weighted by molar-refractivity contribution is -0.129. The summed E-state index contributed by atoms with van der Waals surface area (Å²) in [5, 5.41) is 2.83. The van der Waals surface area contributed by atoms with E-state index in [-0.39, 0.29) is 23.6 Å². The first-order chi connectivity index (χ1) is 13.5. The summed E-state index contributed by atoms with van der Waals surface area (Å²) in [4.78, 5) is 40.7. The van der Waals surface area contributed by atoms with Crippen LogP contribution in [-0.2, 0) is 9.59 Å². The Morgan fingerprint density at radius 1 is 1.25 bits per heavy atom. The SMILES string of the molecule is CCCC(=O)Nc1cccc(C(=O)N(C)C[C@H]2CC(=O)N(C3CCCC3)C2)c1. The Morgan fingerprint density at radius 2 is 2.00 bits per heavy atom. The number of amides is 3. The highest BCUT2D eigenvalue weighted by Gasteiger charge is 2.36. The van der Waals surface area contributed by atoms with Crippen LogP contribution in [0.1, 0.15) is 62.2 Å². The van der Waals surface area contributed by atoms with Crippen molar-refractivity contribution in [1.82, 2.24) is 9.80 Å². The summed E-state index contributed by atoms with van der Waals surface area (Å²) in [6.45, 7) is 3.28. The van der Waals surface area contributed by atoms with Crippen LogP contribution in [0.5, 0.6) is 0 Å². The van der Waals surface area contributed by atoms with E-state index in [9.17, 15) is 14.4 Å². The zero-order valence-electron chi connectivity index (χ0n) is 16.9. The number of benzene rings is 1. The second-order valence-corrected chi connectivity index (χ2v) is 8.12. The minimum atomic E-state index is -0.0849. The van der Waals surface area contributed by atoms with Crippen LogP contribution in [0.4, 0.5) is 5.69 Å². The molecule has 1 atom stereocenters. The maximum absolute atomic E-state index is 12.8. The molecule has 2 fully saturated rings. The monoisotopic (exact) mass is 385 g/mol. The van der Waals surface area contributed by atoms with Crippen LogP contribution in [0.25, 0.3) is 0 Å². The predicted octanol–water partition coefficient (Wildman–Crippen LogP) is 3.29. The highest BCUT2D eigenvalue weighted by molar-refractivity contribution is 5.97. The zero-order chi connectivity index (χ0) is 20.1. The van der Waals surface area contributed by atoms with E-state index in [2.05, 4.69) is 5.32 Å². The summed E-state index contributed by atoms with van der Waals surface area (Å²) >= 11 is 0. The second kappa shape index (κ2) is 9.22. The van der Waals surface area contributed by atoms with Crippen molar-refractivity contribution in [1.29, 1.82) is 0 Å². The smallest absolute Gasteiger partial charge is 0.253 e. The van der Waals surface area contributed by atoms with Crippen LogP contribution in [-0.4, -0.2) is 53.7 Å². The molecule has 1 N–H and O–H groups in total.